The lowest BCUT2D eigenvalue weighted by molar-refractivity contribution is 0.573. The number of thiazole rings is 1. The molecule has 1 aromatic carbocycles. The molecule has 0 fully saturated rings. The van der Waals surface area contributed by atoms with Crippen LogP contribution in [0, 0.1) is 6.92 Å². The number of hydrogen-bond acceptors (Lipinski definition) is 3. The maximum absolute atomic E-state index is 4.43. The Labute approximate surface area is 116 Å². The number of nitrogens with zero attached hydrogens (tertiary/aromatic N) is 1. The second kappa shape index (κ2) is 5.15. The van der Waals surface area contributed by atoms with Gasteiger partial charge in [-0.1, -0.05) is 12.1 Å². The summed E-state index contributed by atoms with van der Waals surface area (Å²) >= 11 is 1.76. The summed E-state index contributed by atoms with van der Waals surface area (Å²) in [5, 5.41) is 5.99. The third-order valence-corrected chi connectivity index (χ3v) is 4.39. The van der Waals surface area contributed by atoms with E-state index in [4.69, 9.17) is 0 Å². The molecule has 0 aliphatic carbocycles. The first-order valence-corrected chi connectivity index (χ1v) is 7.26. The summed E-state index contributed by atoms with van der Waals surface area (Å²) in [6, 6.07) is 8.78. The number of hydrogen-bond donors (Lipinski definition) is 2. The molecular formula is C15H17N3S. The summed E-state index contributed by atoms with van der Waals surface area (Å²) in [6.07, 6.45) is 3.92. The van der Waals surface area contributed by atoms with Gasteiger partial charge in [-0.15, -0.1) is 11.3 Å². The van der Waals surface area contributed by atoms with Crippen LogP contribution in [0.1, 0.15) is 28.4 Å². The molecule has 19 heavy (non-hydrogen) atoms. The van der Waals surface area contributed by atoms with Crippen LogP contribution >= 0.6 is 11.3 Å². The molecule has 0 aliphatic rings. The van der Waals surface area contributed by atoms with E-state index in [9.17, 15) is 0 Å². The minimum atomic E-state index is 0.285. The highest BCUT2D eigenvalue weighted by molar-refractivity contribution is 7.11. The first-order valence-electron chi connectivity index (χ1n) is 6.45. The summed E-state index contributed by atoms with van der Waals surface area (Å²) in [4.78, 5) is 8.94. The Hall–Kier alpha value is -1.65. The van der Waals surface area contributed by atoms with Gasteiger partial charge in [-0.05, 0) is 31.5 Å². The van der Waals surface area contributed by atoms with Crippen molar-refractivity contribution >= 4 is 22.2 Å². The lowest BCUT2D eigenvalue weighted by atomic mass is 10.1. The van der Waals surface area contributed by atoms with E-state index in [1.807, 2.05) is 12.4 Å². The van der Waals surface area contributed by atoms with Gasteiger partial charge in [0.25, 0.3) is 0 Å². The summed E-state index contributed by atoms with van der Waals surface area (Å²) < 4.78 is 0. The number of rotatable bonds is 4. The summed E-state index contributed by atoms with van der Waals surface area (Å²) in [5.41, 5.74) is 2.51. The predicted molar refractivity (Wildman–Crippen MR) is 80.4 cm³/mol. The molecule has 0 bridgehead atoms. The SMILES string of the molecule is Cc1cnc(C(C)NCc2cccc3[nH]ccc23)s1. The van der Waals surface area contributed by atoms with Crippen LogP contribution in [0.15, 0.2) is 36.7 Å². The Morgan fingerprint density at radius 1 is 1.37 bits per heavy atom. The van der Waals surface area contributed by atoms with E-state index in [2.05, 4.69) is 53.4 Å². The fourth-order valence-electron chi connectivity index (χ4n) is 2.23. The van der Waals surface area contributed by atoms with Crippen LogP contribution < -0.4 is 5.32 Å². The third-order valence-electron chi connectivity index (χ3n) is 3.29. The molecule has 0 amide bonds. The highest BCUT2D eigenvalue weighted by Gasteiger charge is 2.09. The quantitative estimate of drug-likeness (QED) is 0.758. The molecule has 2 N–H and O–H groups in total. The smallest absolute Gasteiger partial charge is 0.109 e. The lowest BCUT2D eigenvalue weighted by Gasteiger charge is -2.11. The molecule has 1 atom stereocenters. The Balaban J connectivity index is 1.74. The van der Waals surface area contributed by atoms with Crippen molar-refractivity contribution in [2.24, 2.45) is 0 Å². The molecule has 4 heteroatoms. The van der Waals surface area contributed by atoms with E-state index in [0.717, 1.165) is 11.6 Å². The number of fused-ring (bicyclic) bond motifs is 1. The van der Waals surface area contributed by atoms with E-state index < -0.39 is 0 Å². The molecule has 98 valence electrons. The van der Waals surface area contributed by atoms with E-state index in [1.54, 1.807) is 11.3 Å². The van der Waals surface area contributed by atoms with Gasteiger partial charge in [-0.2, -0.15) is 0 Å². The van der Waals surface area contributed by atoms with Crippen LogP contribution in [0.4, 0.5) is 0 Å². The second-order valence-corrected chi connectivity index (χ2v) is 6.03. The van der Waals surface area contributed by atoms with Crippen molar-refractivity contribution in [1.29, 1.82) is 0 Å². The van der Waals surface area contributed by atoms with E-state index in [1.165, 1.54) is 21.3 Å². The fourth-order valence-corrected chi connectivity index (χ4v) is 3.03. The summed E-state index contributed by atoms with van der Waals surface area (Å²) in [6.45, 7) is 5.11. The molecule has 0 saturated heterocycles. The average Bonchev–Trinajstić information content (AvgIpc) is 3.04. The fraction of sp³-hybridized carbons (Fsp3) is 0.267. The number of aryl methyl sites for hydroxylation is 1. The lowest BCUT2D eigenvalue weighted by Crippen LogP contribution is -2.17. The molecule has 1 unspecified atom stereocenters. The molecular weight excluding hydrogens is 254 g/mol. The second-order valence-electron chi connectivity index (χ2n) is 4.77. The topological polar surface area (TPSA) is 40.7 Å². The van der Waals surface area contributed by atoms with Crippen LogP contribution in [-0.2, 0) is 6.54 Å². The van der Waals surface area contributed by atoms with Gasteiger partial charge in [-0.25, -0.2) is 4.98 Å². The molecule has 0 saturated carbocycles. The van der Waals surface area contributed by atoms with Crippen LogP contribution in [0.3, 0.4) is 0 Å². The minimum Gasteiger partial charge on any atom is -0.361 e. The Kier molecular flexibility index (Phi) is 3.36. The molecule has 3 rings (SSSR count). The van der Waals surface area contributed by atoms with Gasteiger partial charge in [-0.3, -0.25) is 0 Å². The maximum Gasteiger partial charge on any atom is 0.109 e. The van der Waals surface area contributed by atoms with Gasteiger partial charge in [0, 0.05) is 34.7 Å². The van der Waals surface area contributed by atoms with E-state index >= 15 is 0 Å². The van der Waals surface area contributed by atoms with Crippen molar-refractivity contribution < 1.29 is 0 Å². The molecule has 2 heterocycles. The number of benzene rings is 1. The normalized spacial score (nSPS) is 12.9. The Morgan fingerprint density at radius 3 is 3.05 bits per heavy atom. The van der Waals surface area contributed by atoms with Crippen molar-refractivity contribution in [3.05, 3.63) is 52.1 Å². The van der Waals surface area contributed by atoms with Gasteiger partial charge < -0.3 is 10.3 Å². The number of H-pyrrole nitrogens is 1. The maximum atomic E-state index is 4.43. The molecule has 0 aliphatic heterocycles. The molecule has 0 radical (unpaired) electrons. The molecule has 2 aromatic heterocycles. The Morgan fingerprint density at radius 2 is 2.26 bits per heavy atom. The Bertz CT molecular complexity index is 683. The predicted octanol–water partition coefficient (Wildman–Crippen LogP) is 3.78. The summed E-state index contributed by atoms with van der Waals surface area (Å²) in [7, 11) is 0. The average molecular weight is 271 g/mol. The van der Waals surface area contributed by atoms with Crippen LogP contribution in [0.5, 0.6) is 0 Å². The zero-order valence-electron chi connectivity index (χ0n) is 11.1. The number of aromatic amines is 1. The van der Waals surface area contributed by atoms with Gasteiger partial charge in [0.1, 0.15) is 5.01 Å². The van der Waals surface area contributed by atoms with Crippen LogP contribution in [0.2, 0.25) is 0 Å². The summed E-state index contributed by atoms with van der Waals surface area (Å²) in [5.74, 6) is 0. The first kappa shape index (κ1) is 12.4. The van der Waals surface area contributed by atoms with Crippen LogP contribution in [0.25, 0.3) is 10.9 Å². The standard InChI is InChI=1S/C15H17N3S/c1-10-8-18-15(19-10)11(2)17-9-12-4-3-5-14-13(12)6-7-16-14/h3-8,11,16-17H,9H2,1-2H3. The van der Waals surface area contributed by atoms with E-state index in [0.29, 0.717) is 0 Å². The first-order chi connectivity index (χ1) is 9.24. The molecule has 3 nitrogen and oxygen atoms in total. The van der Waals surface area contributed by atoms with Crippen molar-refractivity contribution in [2.75, 3.05) is 0 Å². The van der Waals surface area contributed by atoms with Crippen molar-refractivity contribution in [3.63, 3.8) is 0 Å². The van der Waals surface area contributed by atoms with Gasteiger partial charge >= 0.3 is 0 Å². The van der Waals surface area contributed by atoms with Gasteiger partial charge in [0.15, 0.2) is 0 Å². The van der Waals surface area contributed by atoms with E-state index in [-0.39, 0.29) is 6.04 Å². The van der Waals surface area contributed by atoms with Gasteiger partial charge in [0.2, 0.25) is 0 Å². The number of aromatic nitrogens is 2. The minimum absolute atomic E-state index is 0.285. The van der Waals surface area contributed by atoms with Crippen molar-refractivity contribution in [3.8, 4) is 0 Å². The monoisotopic (exact) mass is 271 g/mol. The van der Waals surface area contributed by atoms with Crippen LogP contribution in [-0.4, -0.2) is 9.97 Å². The zero-order valence-corrected chi connectivity index (χ0v) is 11.9. The van der Waals surface area contributed by atoms with Gasteiger partial charge in [0.05, 0.1) is 6.04 Å². The molecule has 3 aromatic rings. The third kappa shape index (κ3) is 2.55. The highest BCUT2D eigenvalue weighted by atomic mass is 32.1. The van der Waals surface area contributed by atoms with Crippen molar-refractivity contribution in [2.45, 2.75) is 26.4 Å². The van der Waals surface area contributed by atoms with Crippen molar-refractivity contribution in [1.82, 2.24) is 15.3 Å². The number of nitrogens with one attached hydrogen (secondary N) is 2. The largest absolute Gasteiger partial charge is 0.361 e. The highest BCUT2D eigenvalue weighted by Crippen LogP contribution is 2.21. The molecule has 0 spiro atoms. The zero-order chi connectivity index (χ0) is 13.2.